The number of likely N-dealkylation sites (N-methyl/N-ethyl adjacent to an activating group) is 1. The Bertz CT molecular complexity index is 263. The normalized spacial score (nSPS) is 17.1. The van der Waals surface area contributed by atoms with E-state index in [9.17, 15) is 9.59 Å². The molecule has 0 unspecified atom stereocenters. The number of carboxylic acids is 1. The fourth-order valence-corrected chi connectivity index (χ4v) is 1.73. The number of amides is 1. The highest BCUT2D eigenvalue weighted by atomic mass is 16.4. The number of hydrogen-bond acceptors (Lipinski definition) is 4. The quantitative estimate of drug-likeness (QED) is 0.598. The van der Waals surface area contributed by atoms with Crippen molar-refractivity contribution >= 4 is 11.9 Å². The van der Waals surface area contributed by atoms with Gasteiger partial charge in [0.1, 0.15) is 0 Å². The summed E-state index contributed by atoms with van der Waals surface area (Å²) in [7, 11) is 2.05. The molecule has 0 spiro atoms. The Morgan fingerprint density at radius 1 is 1.24 bits per heavy atom. The summed E-state index contributed by atoms with van der Waals surface area (Å²) in [6.07, 6.45) is 0.709. The molecule has 1 aliphatic heterocycles. The Morgan fingerprint density at radius 3 is 2.47 bits per heavy atom. The largest absolute Gasteiger partial charge is 0.481 e. The molecule has 17 heavy (non-hydrogen) atoms. The lowest BCUT2D eigenvalue weighted by Gasteiger charge is -2.32. The molecule has 6 nitrogen and oxygen atoms in total. The van der Waals surface area contributed by atoms with Crippen LogP contribution in [0.2, 0.25) is 0 Å². The van der Waals surface area contributed by atoms with E-state index in [4.69, 9.17) is 5.11 Å². The Hall–Kier alpha value is -1.14. The van der Waals surface area contributed by atoms with Crippen molar-refractivity contribution in [3.8, 4) is 0 Å². The summed E-state index contributed by atoms with van der Waals surface area (Å²) in [6, 6.07) is 0. The summed E-state index contributed by atoms with van der Waals surface area (Å²) in [6.45, 7) is 4.29. The van der Waals surface area contributed by atoms with E-state index < -0.39 is 5.97 Å². The number of carboxylic acid groups (broad SMARTS) is 1. The number of nitrogens with zero attached hydrogens (tertiary/aromatic N) is 2. The van der Waals surface area contributed by atoms with E-state index in [2.05, 4.69) is 10.2 Å². The summed E-state index contributed by atoms with van der Waals surface area (Å²) in [5.41, 5.74) is 0. The minimum absolute atomic E-state index is 0.105. The van der Waals surface area contributed by atoms with Crippen LogP contribution >= 0.6 is 0 Å². The third-order valence-corrected chi connectivity index (χ3v) is 2.88. The van der Waals surface area contributed by atoms with Gasteiger partial charge in [-0.05, 0) is 20.0 Å². The molecule has 1 fully saturated rings. The van der Waals surface area contributed by atoms with E-state index in [1.165, 1.54) is 0 Å². The van der Waals surface area contributed by atoms with Gasteiger partial charge in [0.05, 0.1) is 6.54 Å². The van der Waals surface area contributed by atoms with Crippen molar-refractivity contribution in [1.82, 2.24) is 15.1 Å². The number of piperazine rings is 1. The van der Waals surface area contributed by atoms with Crippen molar-refractivity contribution in [2.45, 2.75) is 12.8 Å². The molecule has 1 heterocycles. The first-order chi connectivity index (χ1) is 8.09. The van der Waals surface area contributed by atoms with Gasteiger partial charge in [-0.25, -0.2) is 0 Å². The van der Waals surface area contributed by atoms with Crippen LogP contribution in [0.15, 0.2) is 0 Å². The molecule has 0 bridgehead atoms. The van der Waals surface area contributed by atoms with Crippen molar-refractivity contribution < 1.29 is 14.7 Å². The van der Waals surface area contributed by atoms with E-state index in [0.717, 1.165) is 26.2 Å². The molecular formula is C11H21N3O3. The smallest absolute Gasteiger partial charge is 0.303 e. The van der Waals surface area contributed by atoms with Gasteiger partial charge in [-0.2, -0.15) is 0 Å². The van der Waals surface area contributed by atoms with Gasteiger partial charge < -0.3 is 20.2 Å². The molecule has 1 amide bonds. The molecule has 0 radical (unpaired) electrons. The first-order valence-electron chi connectivity index (χ1n) is 5.98. The van der Waals surface area contributed by atoms with Crippen molar-refractivity contribution in [1.29, 1.82) is 0 Å². The summed E-state index contributed by atoms with van der Waals surface area (Å²) in [5.74, 6) is -0.689. The van der Waals surface area contributed by atoms with Gasteiger partial charge in [-0.15, -0.1) is 0 Å². The van der Waals surface area contributed by atoms with Gasteiger partial charge in [-0.1, -0.05) is 0 Å². The van der Waals surface area contributed by atoms with Gasteiger partial charge in [-0.3, -0.25) is 9.59 Å². The third-order valence-electron chi connectivity index (χ3n) is 2.88. The van der Waals surface area contributed by atoms with Crippen LogP contribution in [-0.2, 0) is 9.59 Å². The average molecular weight is 243 g/mol. The van der Waals surface area contributed by atoms with Gasteiger partial charge >= 0.3 is 5.97 Å². The zero-order valence-electron chi connectivity index (χ0n) is 10.3. The Morgan fingerprint density at radius 2 is 1.88 bits per heavy atom. The molecule has 0 aromatic heterocycles. The van der Waals surface area contributed by atoms with Crippen molar-refractivity contribution in [2.24, 2.45) is 0 Å². The Labute approximate surface area is 102 Å². The standard InChI is InChI=1S/C11H21N3O3/c1-13-5-7-14(8-6-13)10(15)9-12-4-2-3-11(16)17/h12H,2-9H2,1H3,(H,16,17). The maximum Gasteiger partial charge on any atom is 0.303 e. The third kappa shape index (κ3) is 5.65. The van der Waals surface area contributed by atoms with Gasteiger partial charge in [0.15, 0.2) is 0 Å². The number of carbonyl (C=O) groups is 2. The van der Waals surface area contributed by atoms with Crippen LogP contribution in [0.3, 0.4) is 0 Å². The second-order valence-corrected chi connectivity index (χ2v) is 4.36. The van der Waals surface area contributed by atoms with Crippen LogP contribution in [0.1, 0.15) is 12.8 Å². The van der Waals surface area contributed by atoms with E-state index in [0.29, 0.717) is 19.5 Å². The molecule has 0 aliphatic carbocycles. The molecule has 1 saturated heterocycles. The van der Waals surface area contributed by atoms with Crippen molar-refractivity contribution in [3.63, 3.8) is 0 Å². The molecule has 0 atom stereocenters. The second kappa shape index (κ2) is 7.24. The lowest BCUT2D eigenvalue weighted by atomic mass is 10.3. The van der Waals surface area contributed by atoms with Crippen LogP contribution in [-0.4, -0.2) is 73.1 Å². The average Bonchev–Trinajstić information content (AvgIpc) is 2.29. The molecule has 2 N–H and O–H groups in total. The number of aliphatic carboxylic acids is 1. The maximum atomic E-state index is 11.7. The monoisotopic (exact) mass is 243 g/mol. The number of carbonyl (C=O) groups excluding carboxylic acids is 1. The minimum atomic E-state index is -0.794. The molecule has 98 valence electrons. The zero-order chi connectivity index (χ0) is 12.7. The van der Waals surface area contributed by atoms with Crippen molar-refractivity contribution in [3.05, 3.63) is 0 Å². The van der Waals surface area contributed by atoms with Crippen molar-refractivity contribution in [2.75, 3.05) is 46.3 Å². The van der Waals surface area contributed by atoms with E-state index in [1.54, 1.807) is 0 Å². The number of nitrogens with one attached hydrogen (secondary N) is 1. The van der Waals surface area contributed by atoms with Crippen LogP contribution in [0.4, 0.5) is 0 Å². The summed E-state index contributed by atoms with van der Waals surface area (Å²) >= 11 is 0. The van der Waals surface area contributed by atoms with Gasteiger partial charge in [0.2, 0.25) is 5.91 Å². The number of rotatable bonds is 6. The van der Waals surface area contributed by atoms with Crippen LogP contribution in [0.5, 0.6) is 0 Å². The molecule has 6 heteroatoms. The highest BCUT2D eigenvalue weighted by Crippen LogP contribution is 1.98. The summed E-state index contributed by atoms with van der Waals surface area (Å²) in [4.78, 5) is 26.0. The molecule has 1 rings (SSSR count). The van der Waals surface area contributed by atoms with E-state index in [-0.39, 0.29) is 12.3 Å². The molecule has 1 aliphatic rings. The maximum absolute atomic E-state index is 11.7. The predicted octanol–water partition coefficient (Wildman–Crippen LogP) is -0.785. The SMILES string of the molecule is CN1CCN(C(=O)CNCCCC(=O)O)CC1. The first kappa shape index (κ1) is 13.9. The predicted molar refractivity (Wildman–Crippen MR) is 63.8 cm³/mol. The van der Waals surface area contributed by atoms with Gasteiger partial charge in [0, 0.05) is 32.6 Å². The molecule has 0 aromatic carbocycles. The highest BCUT2D eigenvalue weighted by molar-refractivity contribution is 5.78. The van der Waals surface area contributed by atoms with E-state index in [1.807, 2.05) is 11.9 Å². The van der Waals surface area contributed by atoms with Crippen LogP contribution in [0, 0.1) is 0 Å². The summed E-state index contributed by atoms with van der Waals surface area (Å²) in [5, 5.41) is 11.4. The van der Waals surface area contributed by atoms with E-state index >= 15 is 0 Å². The molecule has 0 aromatic rings. The Balaban J connectivity index is 2.06. The lowest BCUT2D eigenvalue weighted by molar-refractivity contribution is -0.137. The Kier molecular flexibility index (Phi) is 5.93. The fourth-order valence-electron chi connectivity index (χ4n) is 1.73. The number of hydrogen-bond donors (Lipinski definition) is 2. The summed E-state index contributed by atoms with van der Waals surface area (Å²) < 4.78 is 0. The lowest BCUT2D eigenvalue weighted by Crippen LogP contribution is -2.49. The van der Waals surface area contributed by atoms with Crippen LogP contribution in [0.25, 0.3) is 0 Å². The van der Waals surface area contributed by atoms with Crippen LogP contribution < -0.4 is 5.32 Å². The first-order valence-corrected chi connectivity index (χ1v) is 5.98. The molecular weight excluding hydrogens is 222 g/mol. The van der Waals surface area contributed by atoms with Gasteiger partial charge in [0.25, 0.3) is 0 Å². The zero-order valence-corrected chi connectivity index (χ0v) is 10.3. The molecule has 0 saturated carbocycles. The fraction of sp³-hybridized carbons (Fsp3) is 0.818. The minimum Gasteiger partial charge on any atom is -0.481 e. The topological polar surface area (TPSA) is 72.9 Å². The second-order valence-electron chi connectivity index (χ2n) is 4.36. The highest BCUT2D eigenvalue weighted by Gasteiger charge is 2.18.